The molecule has 1 aliphatic heterocycles. The van der Waals surface area contributed by atoms with Gasteiger partial charge in [0.25, 0.3) is 0 Å². The summed E-state index contributed by atoms with van der Waals surface area (Å²) < 4.78 is 5.10. The average molecular weight is 292 g/mol. The molecule has 114 valence electrons. The minimum absolute atomic E-state index is 0.377. The number of carboxylic acids is 1. The Morgan fingerprint density at radius 1 is 1.33 bits per heavy atom. The summed E-state index contributed by atoms with van der Waals surface area (Å²) in [5.74, 6) is -0.309. The number of hydrogen-bond acceptors (Lipinski definition) is 3. The minimum Gasteiger partial charge on any atom is -0.497 e. The summed E-state index contributed by atoms with van der Waals surface area (Å²) in [6.45, 7) is 0.465. The van der Waals surface area contributed by atoms with Gasteiger partial charge in [0, 0.05) is 18.3 Å². The Morgan fingerprint density at radius 3 is 2.86 bits per heavy atom. The van der Waals surface area contributed by atoms with Crippen molar-refractivity contribution in [3.05, 3.63) is 24.3 Å². The molecule has 0 aliphatic carbocycles. The van der Waals surface area contributed by atoms with Gasteiger partial charge in [0.05, 0.1) is 7.11 Å². The van der Waals surface area contributed by atoms with Crippen molar-refractivity contribution >= 4 is 17.7 Å². The van der Waals surface area contributed by atoms with Crippen molar-refractivity contribution in [2.45, 2.75) is 31.7 Å². The highest BCUT2D eigenvalue weighted by atomic mass is 16.5. The van der Waals surface area contributed by atoms with Gasteiger partial charge in [-0.3, -0.25) is 0 Å². The molecule has 6 nitrogen and oxygen atoms in total. The van der Waals surface area contributed by atoms with Gasteiger partial charge >= 0.3 is 12.0 Å². The molecule has 2 rings (SSSR count). The van der Waals surface area contributed by atoms with Crippen molar-refractivity contribution in [2.24, 2.45) is 0 Å². The van der Waals surface area contributed by atoms with Crippen LogP contribution in [0.3, 0.4) is 0 Å². The lowest BCUT2D eigenvalue weighted by Crippen LogP contribution is -2.46. The maximum Gasteiger partial charge on any atom is 0.326 e. The maximum absolute atomic E-state index is 12.3. The Hall–Kier alpha value is -2.24. The molecule has 1 atom stereocenters. The number of methoxy groups -OCH3 is 1. The van der Waals surface area contributed by atoms with Gasteiger partial charge < -0.3 is 20.1 Å². The molecule has 2 N–H and O–H groups in total. The number of hydrogen-bond donors (Lipinski definition) is 2. The molecule has 1 aromatic carbocycles. The molecule has 0 aromatic heterocycles. The number of carboxylic acid groups (broad SMARTS) is 1. The predicted octanol–water partition coefficient (Wildman–Crippen LogP) is 2.56. The van der Waals surface area contributed by atoms with Crippen molar-refractivity contribution in [1.82, 2.24) is 4.90 Å². The summed E-state index contributed by atoms with van der Waals surface area (Å²) >= 11 is 0. The van der Waals surface area contributed by atoms with Crippen molar-refractivity contribution in [3.63, 3.8) is 0 Å². The van der Waals surface area contributed by atoms with Gasteiger partial charge in [-0.25, -0.2) is 9.59 Å². The van der Waals surface area contributed by atoms with Crippen LogP contribution in [-0.2, 0) is 4.79 Å². The molecule has 1 aromatic rings. The van der Waals surface area contributed by atoms with E-state index in [1.54, 1.807) is 31.4 Å². The number of nitrogens with zero attached hydrogens (tertiary/aromatic N) is 1. The molecule has 1 aliphatic rings. The fourth-order valence-corrected chi connectivity index (χ4v) is 2.50. The Balaban J connectivity index is 2.10. The van der Waals surface area contributed by atoms with E-state index in [4.69, 9.17) is 4.74 Å². The zero-order valence-corrected chi connectivity index (χ0v) is 12.0. The fraction of sp³-hybridized carbons (Fsp3) is 0.467. The van der Waals surface area contributed by atoms with Crippen LogP contribution in [0.25, 0.3) is 0 Å². The van der Waals surface area contributed by atoms with Crippen LogP contribution in [0.15, 0.2) is 24.3 Å². The summed E-state index contributed by atoms with van der Waals surface area (Å²) in [5, 5.41) is 12.0. The van der Waals surface area contributed by atoms with Crippen molar-refractivity contribution in [1.29, 1.82) is 0 Å². The van der Waals surface area contributed by atoms with Gasteiger partial charge in [-0.1, -0.05) is 18.9 Å². The quantitative estimate of drug-likeness (QED) is 0.897. The lowest BCUT2D eigenvalue weighted by molar-refractivity contribution is -0.142. The van der Waals surface area contributed by atoms with Crippen LogP contribution in [0.1, 0.15) is 25.7 Å². The molecular weight excluding hydrogens is 272 g/mol. The van der Waals surface area contributed by atoms with E-state index in [0.717, 1.165) is 19.3 Å². The molecule has 0 radical (unpaired) electrons. The van der Waals surface area contributed by atoms with E-state index in [1.165, 1.54) is 4.90 Å². The number of aliphatic carboxylic acids is 1. The first-order valence-electron chi connectivity index (χ1n) is 7.06. The number of likely N-dealkylation sites (tertiary alicyclic amines) is 1. The second kappa shape index (κ2) is 6.97. The van der Waals surface area contributed by atoms with E-state index in [0.29, 0.717) is 24.4 Å². The third-order valence-electron chi connectivity index (χ3n) is 3.62. The first kappa shape index (κ1) is 15.2. The second-order valence-electron chi connectivity index (χ2n) is 5.06. The van der Waals surface area contributed by atoms with Crippen LogP contribution < -0.4 is 10.1 Å². The van der Waals surface area contributed by atoms with Gasteiger partial charge in [-0.2, -0.15) is 0 Å². The normalized spacial score (nSPS) is 18.7. The van der Waals surface area contributed by atoms with E-state index in [2.05, 4.69) is 5.32 Å². The first-order chi connectivity index (χ1) is 10.1. The van der Waals surface area contributed by atoms with Crippen LogP contribution >= 0.6 is 0 Å². The van der Waals surface area contributed by atoms with E-state index >= 15 is 0 Å². The van der Waals surface area contributed by atoms with Gasteiger partial charge in [-0.15, -0.1) is 0 Å². The van der Waals surface area contributed by atoms with Crippen LogP contribution in [-0.4, -0.2) is 41.7 Å². The summed E-state index contributed by atoms with van der Waals surface area (Å²) in [7, 11) is 1.55. The molecule has 0 saturated carbocycles. The zero-order chi connectivity index (χ0) is 15.2. The zero-order valence-electron chi connectivity index (χ0n) is 12.0. The number of amides is 2. The highest BCUT2D eigenvalue weighted by Gasteiger charge is 2.30. The molecule has 0 spiro atoms. The molecule has 0 bridgehead atoms. The number of rotatable bonds is 3. The third-order valence-corrected chi connectivity index (χ3v) is 3.62. The van der Waals surface area contributed by atoms with Gasteiger partial charge in [0.2, 0.25) is 0 Å². The molecule has 6 heteroatoms. The summed E-state index contributed by atoms with van der Waals surface area (Å²) in [5.41, 5.74) is 0.590. The first-order valence-corrected chi connectivity index (χ1v) is 7.06. The van der Waals surface area contributed by atoms with E-state index in [9.17, 15) is 14.7 Å². The van der Waals surface area contributed by atoms with Crippen molar-refractivity contribution in [3.8, 4) is 5.75 Å². The lowest BCUT2D eigenvalue weighted by atomic mass is 10.1. The van der Waals surface area contributed by atoms with Crippen LogP contribution in [0.2, 0.25) is 0 Å². The Bertz CT molecular complexity index is 518. The van der Waals surface area contributed by atoms with Gasteiger partial charge in [0.15, 0.2) is 0 Å². The van der Waals surface area contributed by atoms with Crippen molar-refractivity contribution in [2.75, 3.05) is 19.0 Å². The summed E-state index contributed by atoms with van der Waals surface area (Å²) in [4.78, 5) is 25.1. The fourth-order valence-electron chi connectivity index (χ4n) is 2.50. The molecule has 1 saturated heterocycles. The Morgan fingerprint density at radius 2 is 2.14 bits per heavy atom. The third kappa shape index (κ3) is 3.87. The number of urea groups is 1. The molecule has 2 amide bonds. The standard InChI is InChI=1S/C15H20N2O4/c1-21-12-7-5-6-11(10-12)16-15(20)17-9-4-2-3-8-13(17)14(18)19/h5-7,10,13H,2-4,8-9H2,1H3,(H,16,20)(H,18,19). The van der Waals surface area contributed by atoms with Gasteiger partial charge in [-0.05, 0) is 25.0 Å². The monoisotopic (exact) mass is 292 g/mol. The minimum atomic E-state index is -0.947. The number of ether oxygens (including phenoxy) is 1. The molecule has 1 unspecified atom stereocenters. The topological polar surface area (TPSA) is 78.9 Å². The lowest BCUT2D eigenvalue weighted by Gasteiger charge is -2.27. The van der Waals surface area contributed by atoms with Gasteiger partial charge in [0.1, 0.15) is 11.8 Å². The number of carbonyl (C=O) groups is 2. The second-order valence-corrected chi connectivity index (χ2v) is 5.06. The molecule has 1 fully saturated rings. The van der Waals surface area contributed by atoms with Crippen molar-refractivity contribution < 1.29 is 19.4 Å². The number of carbonyl (C=O) groups excluding carboxylic acids is 1. The number of nitrogens with one attached hydrogen (secondary N) is 1. The number of anilines is 1. The molecule has 1 heterocycles. The van der Waals surface area contributed by atoms with Crippen LogP contribution in [0.4, 0.5) is 10.5 Å². The maximum atomic E-state index is 12.3. The van der Waals surface area contributed by atoms with E-state index < -0.39 is 12.0 Å². The van der Waals surface area contributed by atoms with E-state index in [-0.39, 0.29) is 6.03 Å². The molecule has 21 heavy (non-hydrogen) atoms. The highest BCUT2D eigenvalue weighted by molar-refractivity contribution is 5.92. The van der Waals surface area contributed by atoms with Crippen LogP contribution in [0.5, 0.6) is 5.75 Å². The number of benzene rings is 1. The Labute approximate surface area is 123 Å². The average Bonchev–Trinajstić information content (AvgIpc) is 2.73. The summed E-state index contributed by atoms with van der Waals surface area (Å²) in [6.07, 6.45) is 3.11. The van der Waals surface area contributed by atoms with Crippen LogP contribution in [0, 0.1) is 0 Å². The summed E-state index contributed by atoms with van der Waals surface area (Å²) in [6, 6.07) is 5.86. The largest absolute Gasteiger partial charge is 0.497 e. The highest BCUT2D eigenvalue weighted by Crippen LogP contribution is 2.20. The SMILES string of the molecule is COc1cccc(NC(=O)N2CCCCCC2C(=O)O)c1. The smallest absolute Gasteiger partial charge is 0.326 e. The Kier molecular flexibility index (Phi) is 5.03. The predicted molar refractivity (Wildman–Crippen MR) is 78.6 cm³/mol. The molecular formula is C15H20N2O4. The van der Waals surface area contributed by atoms with E-state index in [1.807, 2.05) is 0 Å².